The molecule has 8 nitrogen and oxygen atoms in total. The molecular formula is C22H27N5O3S. The first kappa shape index (κ1) is 21.3. The summed E-state index contributed by atoms with van der Waals surface area (Å²) in [5, 5.41) is 9.06. The van der Waals surface area contributed by atoms with Gasteiger partial charge in [0.05, 0.1) is 5.54 Å². The maximum atomic E-state index is 11.5. The molecule has 0 saturated heterocycles. The Morgan fingerprint density at radius 2 is 1.97 bits per heavy atom. The molecule has 1 aliphatic rings. The van der Waals surface area contributed by atoms with Crippen molar-refractivity contribution in [3.05, 3.63) is 53.3 Å². The fourth-order valence-corrected chi connectivity index (χ4v) is 4.38. The Balaban J connectivity index is 1.58. The molecule has 0 saturated carbocycles. The quantitative estimate of drug-likeness (QED) is 0.567. The Morgan fingerprint density at radius 1 is 1.19 bits per heavy atom. The van der Waals surface area contributed by atoms with Gasteiger partial charge in [0.15, 0.2) is 5.03 Å². The fourth-order valence-electron chi connectivity index (χ4n) is 3.93. The Labute approximate surface area is 182 Å². The molecule has 4 rings (SSSR count). The number of rotatable bonds is 6. The minimum Gasteiger partial charge on any atom is -0.475 e. The number of aryl methyl sites for hydroxylation is 2. The molecule has 1 aliphatic carbocycles. The van der Waals surface area contributed by atoms with E-state index in [1.54, 1.807) is 6.20 Å². The molecule has 0 amide bonds. The normalized spacial score (nSPS) is 13.9. The van der Waals surface area contributed by atoms with Crippen LogP contribution in [0.15, 0.2) is 41.6 Å². The second-order valence-corrected chi connectivity index (χ2v) is 10.1. The Hall–Kier alpha value is -2.91. The van der Waals surface area contributed by atoms with Gasteiger partial charge in [0.1, 0.15) is 6.61 Å². The van der Waals surface area contributed by atoms with E-state index in [-0.39, 0.29) is 11.6 Å². The van der Waals surface area contributed by atoms with Crippen molar-refractivity contribution < 1.29 is 13.2 Å². The molecule has 1 aromatic carbocycles. The van der Waals surface area contributed by atoms with Crippen LogP contribution in [0.5, 0.6) is 5.88 Å². The number of hydrogen-bond donors (Lipinski definition) is 2. The Kier molecular flexibility index (Phi) is 5.26. The van der Waals surface area contributed by atoms with E-state index in [0.29, 0.717) is 5.88 Å². The van der Waals surface area contributed by atoms with Crippen molar-refractivity contribution in [2.24, 2.45) is 5.14 Å². The number of anilines is 1. The fraction of sp³-hybridized carbons (Fsp3) is 0.364. The van der Waals surface area contributed by atoms with Crippen LogP contribution in [0.1, 0.15) is 37.1 Å². The largest absolute Gasteiger partial charge is 0.475 e. The summed E-state index contributed by atoms with van der Waals surface area (Å²) < 4.78 is 30.6. The number of primary sulfonamides is 1. The van der Waals surface area contributed by atoms with Gasteiger partial charge in [0.2, 0.25) is 5.88 Å². The summed E-state index contributed by atoms with van der Waals surface area (Å²) in [6.07, 6.45) is 4.81. The van der Waals surface area contributed by atoms with Crippen LogP contribution in [0.3, 0.4) is 0 Å². The average molecular weight is 442 g/mol. The number of nitrogen functional groups attached to an aromatic ring is 1. The van der Waals surface area contributed by atoms with Crippen molar-refractivity contribution in [2.75, 3.05) is 12.3 Å². The molecule has 2 aromatic heterocycles. The monoisotopic (exact) mass is 441 g/mol. The summed E-state index contributed by atoms with van der Waals surface area (Å²) in [5.41, 5.74) is 12.1. The zero-order valence-electron chi connectivity index (χ0n) is 17.9. The van der Waals surface area contributed by atoms with Crippen molar-refractivity contribution in [2.45, 2.75) is 50.6 Å². The van der Waals surface area contributed by atoms with E-state index >= 15 is 0 Å². The van der Waals surface area contributed by atoms with Gasteiger partial charge < -0.3 is 10.5 Å². The molecule has 4 N–H and O–H groups in total. The molecule has 0 spiro atoms. The maximum absolute atomic E-state index is 11.5. The molecule has 0 atom stereocenters. The highest BCUT2D eigenvalue weighted by Gasteiger charge is 2.25. The van der Waals surface area contributed by atoms with Crippen LogP contribution >= 0.6 is 0 Å². The second-order valence-electron chi connectivity index (χ2n) is 8.60. The van der Waals surface area contributed by atoms with Crippen LogP contribution in [0.25, 0.3) is 11.1 Å². The van der Waals surface area contributed by atoms with Gasteiger partial charge in [-0.05, 0) is 68.9 Å². The third-order valence-electron chi connectivity index (χ3n) is 5.62. The highest BCUT2D eigenvalue weighted by atomic mass is 32.2. The minimum absolute atomic E-state index is 0.177. The minimum atomic E-state index is -3.86. The van der Waals surface area contributed by atoms with Crippen molar-refractivity contribution in [3.63, 3.8) is 0 Å². The summed E-state index contributed by atoms with van der Waals surface area (Å²) in [5.74, 6) is 0.474. The van der Waals surface area contributed by atoms with E-state index in [4.69, 9.17) is 15.6 Å². The number of benzene rings is 1. The average Bonchev–Trinajstić information content (AvgIpc) is 3.36. The zero-order chi connectivity index (χ0) is 22.4. The van der Waals surface area contributed by atoms with E-state index in [1.165, 1.54) is 21.9 Å². The first-order valence-electron chi connectivity index (χ1n) is 10.2. The van der Waals surface area contributed by atoms with Gasteiger partial charge >= 0.3 is 0 Å². The summed E-state index contributed by atoms with van der Waals surface area (Å²) in [6.45, 7) is 5.93. The van der Waals surface area contributed by atoms with Crippen molar-refractivity contribution >= 4 is 15.7 Å². The number of fused-ring (bicyclic) bond motifs is 1. The van der Waals surface area contributed by atoms with Gasteiger partial charge in [-0.3, -0.25) is 4.68 Å². The number of ether oxygens (including phenoxy) is 1. The molecule has 3 aromatic rings. The topological polar surface area (TPSA) is 126 Å². The van der Waals surface area contributed by atoms with Crippen LogP contribution in [-0.4, -0.2) is 29.8 Å². The number of sulfonamides is 1. The van der Waals surface area contributed by atoms with Gasteiger partial charge in [0.25, 0.3) is 10.0 Å². The first-order valence-corrected chi connectivity index (χ1v) is 11.7. The number of pyridine rings is 1. The predicted molar refractivity (Wildman–Crippen MR) is 119 cm³/mol. The van der Waals surface area contributed by atoms with Gasteiger partial charge in [-0.15, -0.1) is 0 Å². The van der Waals surface area contributed by atoms with E-state index in [2.05, 4.69) is 22.2 Å². The molecule has 0 fully saturated rings. The Bertz CT molecular complexity index is 1250. The van der Waals surface area contributed by atoms with Crippen molar-refractivity contribution in [3.8, 4) is 17.0 Å². The lowest BCUT2D eigenvalue weighted by molar-refractivity contribution is 0.164. The van der Waals surface area contributed by atoms with Gasteiger partial charge in [0, 0.05) is 29.2 Å². The van der Waals surface area contributed by atoms with E-state index in [9.17, 15) is 8.42 Å². The summed E-state index contributed by atoms with van der Waals surface area (Å²) in [6, 6.07) is 9.48. The molecule has 9 heteroatoms. The summed E-state index contributed by atoms with van der Waals surface area (Å²) in [4.78, 5) is 4.49. The number of aromatic nitrogens is 3. The standard InChI is InChI=1S/C22H27N5O3S/c1-14-11-16(18-8-7-15-5-4-6-17(15)21(18)23)12-19(25-14)30-13-22(2,3)27-10-9-20(26-27)31(24,28)29/h7-12H,4-6,13,23H2,1-3H3,(H2,24,28,29). The Morgan fingerprint density at radius 3 is 2.68 bits per heavy atom. The molecule has 0 bridgehead atoms. The maximum Gasteiger partial charge on any atom is 0.257 e. The first-order chi connectivity index (χ1) is 14.5. The van der Waals surface area contributed by atoms with Crippen LogP contribution in [0.4, 0.5) is 5.69 Å². The number of nitrogens with zero attached hydrogens (tertiary/aromatic N) is 3. The molecule has 0 aliphatic heterocycles. The predicted octanol–water partition coefficient (Wildman–Crippen LogP) is 2.79. The zero-order valence-corrected chi connectivity index (χ0v) is 18.7. The number of hydrogen-bond acceptors (Lipinski definition) is 6. The highest BCUT2D eigenvalue weighted by Crippen LogP contribution is 2.36. The van der Waals surface area contributed by atoms with Gasteiger partial charge in [-0.2, -0.15) is 5.10 Å². The summed E-state index contributed by atoms with van der Waals surface area (Å²) in [7, 11) is -3.86. The van der Waals surface area contributed by atoms with Gasteiger partial charge in [-0.1, -0.05) is 12.1 Å². The van der Waals surface area contributed by atoms with Crippen LogP contribution < -0.4 is 15.6 Å². The van der Waals surface area contributed by atoms with E-state index in [0.717, 1.165) is 41.8 Å². The van der Waals surface area contributed by atoms with Crippen LogP contribution in [-0.2, 0) is 28.4 Å². The lowest BCUT2D eigenvalue weighted by Crippen LogP contribution is -2.34. The smallest absolute Gasteiger partial charge is 0.257 e. The highest BCUT2D eigenvalue weighted by molar-refractivity contribution is 7.89. The summed E-state index contributed by atoms with van der Waals surface area (Å²) >= 11 is 0. The van der Waals surface area contributed by atoms with E-state index in [1.807, 2.05) is 32.9 Å². The third kappa shape index (κ3) is 4.28. The number of nitrogens with two attached hydrogens (primary N) is 2. The molecule has 164 valence electrons. The van der Waals surface area contributed by atoms with Crippen molar-refractivity contribution in [1.29, 1.82) is 0 Å². The van der Waals surface area contributed by atoms with Crippen LogP contribution in [0, 0.1) is 6.92 Å². The molecule has 0 radical (unpaired) electrons. The second kappa shape index (κ2) is 7.65. The van der Waals surface area contributed by atoms with Crippen molar-refractivity contribution in [1.82, 2.24) is 14.8 Å². The van der Waals surface area contributed by atoms with Crippen LogP contribution in [0.2, 0.25) is 0 Å². The molecule has 2 heterocycles. The molecule has 31 heavy (non-hydrogen) atoms. The SMILES string of the molecule is Cc1cc(-c2ccc3c(c2N)CCC3)cc(OCC(C)(C)n2ccc(S(N)(=O)=O)n2)n1. The lowest BCUT2D eigenvalue weighted by Gasteiger charge is -2.25. The third-order valence-corrected chi connectivity index (χ3v) is 6.42. The van der Waals surface area contributed by atoms with Gasteiger partial charge in [-0.25, -0.2) is 18.5 Å². The molecule has 0 unspecified atom stereocenters. The molecular weight excluding hydrogens is 414 g/mol. The lowest BCUT2D eigenvalue weighted by atomic mass is 9.98. The van der Waals surface area contributed by atoms with E-state index < -0.39 is 15.6 Å².